The monoisotopic (exact) mass is 378 g/mol. The van der Waals surface area contributed by atoms with Gasteiger partial charge in [-0.05, 0) is 29.8 Å². The lowest BCUT2D eigenvalue weighted by Gasteiger charge is -2.12. The number of benzene rings is 3. The van der Waals surface area contributed by atoms with Gasteiger partial charge in [-0.15, -0.1) is 0 Å². The second-order valence-corrected chi connectivity index (χ2v) is 5.90. The summed E-state index contributed by atoms with van der Waals surface area (Å²) in [5, 5.41) is 13.5. The van der Waals surface area contributed by atoms with Gasteiger partial charge in [-0.2, -0.15) is 0 Å². The van der Waals surface area contributed by atoms with E-state index in [1.807, 2.05) is 30.3 Å². The van der Waals surface area contributed by atoms with E-state index in [-0.39, 0.29) is 5.69 Å². The molecule has 3 aromatic rings. The molecule has 0 aromatic heterocycles. The number of nitro benzene ring substituents is 1. The average molecular weight is 378 g/mol. The van der Waals surface area contributed by atoms with Crippen molar-refractivity contribution in [3.05, 3.63) is 94.0 Å². The van der Waals surface area contributed by atoms with Crippen LogP contribution in [-0.4, -0.2) is 17.9 Å². The van der Waals surface area contributed by atoms with Crippen molar-refractivity contribution < 1.29 is 19.2 Å². The summed E-state index contributed by atoms with van der Waals surface area (Å²) in [4.78, 5) is 22.8. The Hall–Kier alpha value is -3.87. The number of hydrogen-bond donors (Lipinski definition) is 1. The van der Waals surface area contributed by atoms with Crippen LogP contribution in [0.5, 0.6) is 11.5 Å². The smallest absolute Gasteiger partial charge is 0.271 e. The molecule has 0 unspecified atom stereocenters. The number of rotatable bonds is 7. The fourth-order valence-electron chi connectivity index (χ4n) is 2.56. The van der Waals surface area contributed by atoms with Crippen molar-refractivity contribution in [2.75, 3.05) is 12.4 Å². The predicted molar refractivity (Wildman–Crippen MR) is 105 cm³/mol. The van der Waals surface area contributed by atoms with E-state index in [9.17, 15) is 14.9 Å². The Labute approximate surface area is 161 Å². The second kappa shape index (κ2) is 8.68. The number of nitro groups is 1. The van der Waals surface area contributed by atoms with Gasteiger partial charge in [0.05, 0.1) is 12.0 Å². The summed E-state index contributed by atoms with van der Waals surface area (Å²) in [6, 6.07) is 20.3. The predicted octanol–water partition coefficient (Wildman–Crippen LogP) is 4.43. The summed E-state index contributed by atoms with van der Waals surface area (Å²) in [5.74, 6) is 0.522. The number of carbonyl (C=O) groups is 1. The maximum absolute atomic E-state index is 12.5. The minimum atomic E-state index is -0.516. The first-order valence-electron chi connectivity index (χ1n) is 8.47. The van der Waals surface area contributed by atoms with E-state index < -0.39 is 10.8 Å². The Bertz CT molecular complexity index is 989. The Balaban J connectivity index is 1.72. The average Bonchev–Trinajstić information content (AvgIpc) is 2.73. The molecule has 7 nitrogen and oxygen atoms in total. The first-order valence-corrected chi connectivity index (χ1v) is 8.47. The molecule has 0 aliphatic heterocycles. The van der Waals surface area contributed by atoms with Gasteiger partial charge in [-0.25, -0.2) is 0 Å². The van der Waals surface area contributed by atoms with Crippen molar-refractivity contribution in [3.8, 4) is 11.5 Å². The Morgan fingerprint density at radius 1 is 1.00 bits per heavy atom. The lowest BCUT2D eigenvalue weighted by Crippen LogP contribution is -2.12. The SMILES string of the molecule is COc1cc(C(=O)Nc2cccc([N+](=O)[O-])c2)ccc1OCc1ccccc1. The lowest BCUT2D eigenvalue weighted by atomic mass is 10.1. The molecular weight excluding hydrogens is 360 g/mol. The molecule has 0 saturated heterocycles. The number of ether oxygens (including phenoxy) is 2. The third-order valence-electron chi connectivity index (χ3n) is 3.98. The maximum Gasteiger partial charge on any atom is 0.271 e. The van der Waals surface area contributed by atoms with Crippen LogP contribution in [0.2, 0.25) is 0 Å². The largest absolute Gasteiger partial charge is 0.493 e. The van der Waals surface area contributed by atoms with Gasteiger partial charge < -0.3 is 14.8 Å². The number of methoxy groups -OCH3 is 1. The molecule has 0 atom stereocenters. The summed E-state index contributed by atoms with van der Waals surface area (Å²) in [7, 11) is 1.49. The number of hydrogen-bond acceptors (Lipinski definition) is 5. The third kappa shape index (κ3) is 4.64. The summed E-state index contributed by atoms with van der Waals surface area (Å²) in [6.45, 7) is 0.371. The minimum absolute atomic E-state index is 0.0972. The molecule has 0 bridgehead atoms. The molecule has 0 fully saturated rings. The van der Waals surface area contributed by atoms with Crippen LogP contribution >= 0.6 is 0 Å². The number of nitrogens with one attached hydrogen (secondary N) is 1. The van der Waals surface area contributed by atoms with Gasteiger partial charge in [0, 0.05) is 23.4 Å². The van der Waals surface area contributed by atoms with Crippen LogP contribution in [0.15, 0.2) is 72.8 Å². The van der Waals surface area contributed by atoms with Crippen molar-refractivity contribution in [3.63, 3.8) is 0 Å². The van der Waals surface area contributed by atoms with E-state index >= 15 is 0 Å². The normalized spacial score (nSPS) is 10.2. The van der Waals surface area contributed by atoms with Gasteiger partial charge in [0.15, 0.2) is 11.5 Å². The van der Waals surface area contributed by atoms with Gasteiger partial charge in [0.25, 0.3) is 11.6 Å². The van der Waals surface area contributed by atoms with Gasteiger partial charge in [-0.1, -0.05) is 36.4 Å². The molecule has 0 spiro atoms. The molecule has 1 N–H and O–H groups in total. The standard InChI is InChI=1S/C21H18N2O5/c1-27-20-12-16(10-11-19(20)28-14-15-6-3-2-4-7-15)21(24)22-17-8-5-9-18(13-17)23(25)26/h2-13H,14H2,1H3,(H,22,24). The molecule has 0 saturated carbocycles. The number of nitrogens with zero attached hydrogens (tertiary/aromatic N) is 1. The minimum Gasteiger partial charge on any atom is -0.493 e. The van der Waals surface area contributed by atoms with E-state index in [2.05, 4.69) is 5.32 Å². The van der Waals surface area contributed by atoms with Crippen molar-refractivity contribution in [1.29, 1.82) is 0 Å². The summed E-state index contributed by atoms with van der Waals surface area (Å²) in [5.41, 5.74) is 1.59. The second-order valence-electron chi connectivity index (χ2n) is 5.90. The highest BCUT2D eigenvalue weighted by Gasteiger charge is 2.13. The first-order chi connectivity index (χ1) is 13.6. The zero-order valence-corrected chi connectivity index (χ0v) is 15.1. The highest BCUT2D eigenvalue weighted by molar-refractivity contribution is 6.04. The van der Waals surface area contributed by atoms with Gasteiger partial charge in [0.1, 0.15) is 6.61 Å². The van der Waals surface area contributed by atoms with E-state index in [1.54, 1.807) is 24.3 Å². The summed E-state index contributed by atoms with van der Waals surface area (Å²) in [6.07, 6.45) is 0. The van der Waals surface area contributed by atoms with Gasteiger partial charge in [0.2, 0.25) is 0 Å². The molecule has 0 aliphatic carbocycles. The van der Waals surface area contributed by atoms with Crippen LogP contribution < -0.4 is 14.8 Å². The van der Waals surface area contributed by atoms with E-state index in [4.69, 9.17) is 9.47 Å². The van der Waals surface area contributed by atoms with Crippen LogP contribution in [0.4, 0.5) is 11.4 Å². The Kier molecular flexibility index (Phi) is 5.86. The fourth-order valence-corrected chi connectivity index (χ4v) is 2.56. The topological polar surface area (TPSA) is 90.7 Å². The highest BCUT2D eigenvalue weighted by Crippen LogP contribution is 2.29. The molecule has 142 valence electrons. The van der Waals surface area contributed by atoms with Crippen molar-refractivity contribution in [2.24, 2.45) is 0 Å². The quantitative estimate of drug-likeness (QED) is 0.485. The number of non-ortho nitro benzene ring substituents is 1. The Morgan fingerprint density at radius 3 is 2.50 bits per heavy atom. The highest BCUT2D eigenvalue weighted by atomic mass is 16.6. The van der Waals surface area contributed by atoms with Crippen LogP contribution in [0.1, 0.15) is 15.9 Å². The summed E-state index contributed by atoms with van der Waals surface area (Å²) < 4.78 is 11.1. The molecule has 3 rings (SSSR count). The van der Waals surface area contributed by atoms with Gasteiger partial charge >= 0.3 is 0 Å². The maximum atomic E-state index is 12.5. The molecule has 0 radical (unpaired) electrons. The number of carbonyl (C=O) groups excluding carboxylic acids is 1. The van der Waals surface area contributed by atoms with Crippen molar-refractivity contribution in [2.45, 2.75) is 6.61 Å². The molecule has 3 aromatic carbocycles. The number of anilines is 1. The van der Waals surface area contributed by atoms with E-state index in [0.717, 1.165) is 5.56 Å². The summed E-state index contributed by atoms with van der Waals surface area (Å²) >= 11 is 0. The fraction of sp³-hybridized carbons (Fsp3) is 0.0952. The van der Waals surface area contributed by atoms with E-state index in [0.29, 0.717) is 29.4 Å². The van der Waals surface area contributed by atoms with Crippen LogP contribution in [0.3, 0.4) is 0 Å². The zero-order chi connectivity index (χ0) is 19.9. The van der Waals surface area contributed by atoms with Crippen molar-refractivity contribution in [1.82, 2.24) is 0 Å². The number of amides is 1. The molecule has 7 heteroatoms. The van der Waals surface area contributed by atoms with Crippen LogP contribution in [-0.2, 0) is 6.61 Å². The van der Waals surface area contributed by atoms with Crippen LogP contribution in [0.25, 0.3) is 0 Å². The Morgan fingerprint density at radius 2 is 1.79 bits per heavy atom. The molecule has 1 amide bonds. The van der Waals surface area contributed by atoms with Crippen molar-refractivity contribution >= 4 is 17.3 Å². The van der Waals surface area contributed by atoms with E-state index in [1.165, 1.54) is 25.3 Å². The molecule has 28 heavy (non-hydrogen) atoms. The van der Waals surface area contributed by atoms with Gasteiger partial charge in [-0.3, -0.25) is 14.9 Å². The molecular formula is C21H18N2O5. The first kappa shape index (κ1) is 18.9. The lowest BCUT2D eigenvalue weighted by molar-refractivity contribution is -0.384. The third-order valence-corrected chi connectivity index (χ3v) is 3.98. The molecule has 0 aliphatic rings. The zero-order valence-electron chi connectivity index (χ0n) is 15.1. The molecule has 0 heterocycles. The van der Waals surface area contributed by atoms with Crippen LogP contribution in [0, 0.1) is 10.1 Å².